The molecular formula is C32H26N4S. The fourth-order valence-corrected chi connectivity index (χ4v) is 4.72. The van der Waals surface area contributed by atoms with Crippen LogP contribution >= 0.6 is 11.3 Å². The molecule has 0 aliphatic heterocycles. The van der Waals surface area contributed by atoms with Crippen LogP contribution in [-0.2, 0) is 0 Å². The van der Waals surface area contributed by atoms with Crippen molar-refractivity contribution in [2.75, 3.05) is 5.43 Å². The lowest BCUT2D eigenvalue weighted by Crippen LogP contribution is -2.07. The first-order valence-electron chi connectivity index (χ1n) is 12.0. The number of hydrogen-bond donors (Lipinski definition) is 1. The van der Waals surface area contributed by atoms with Gasteiger partial charge < -0.3 is 0 Å². The highest BCUT2D eigenvalue weighted by molar-refractivity contribution is 7.12. The van der Waals surface area contributed by atoms with Crippen molar-refractivity contribution in [2.24, 2.45) is 15.3 Å². The average molecular weight is 499 g/mol. The van der Waals surface area contributed by atoms with Crippen LogP contribution in [0.5, 0.6) is 0 Å². The summed E-state index contributed by atoms with van der Waals surface area (Å²) < 4.78 is 0. The van der Waals surface area contributed by atoms with Crippen molar-refractivity contribution < 1.29 is 0 Å². The predicted octanol–water partition coefficient (Wildman–Crippen LogP) is 7.87. The van der Waals surface area contributed by atoms with Crippen molar-refractivity contribution in [1.82, 2.24) is 0 Å². The fourth-order valence-electron chi connectivity index (χ4n) is 3.93. The van der Waals surface area contributed by atoms with Crippen LogP contribution in [0.25, 0.3) is 0 Å². The Morgan fingerprint density at radius 2 is 0.973 bits per heavy atom. The smallest absolute Gasteiger partial charge is 0.100 e. The van der Waals surface area contributed by atoms with Crippen LogP contribution in [0.1, 0.15) is 34.1 Å². The van der Waals surface area contributed by atoms with Gasteiger partial charge >= 0.3 is 0 Å². The third kappa shape index (κ3) is 5.97. The summed E-state index contributed by atoms with van der Waals surface area (Å²) in [6.07, 6.45) is 0. The van der Waals surface area contributed by atoms with Crippen molar-refractivity contribution in [1.29, 1.82) is 0 Å². The van der Waals surface area contributed by atoms with Crippen LogP contribution < -0.4 is 5.43 Å². The Balaban J connectivity index is 1.47. The molecule has 1 heterocycles. The molecule has 1 N–H and O–H groups in total. The van der Waals surface area contributed by atoms with Crippen LogP contribution in [0.15, 0.2) is 148 Å². The van der Waals surface area contributed by atoms with Gasteiger partial charge in [0.15, 0.2) is 0 Å². The maximum atomic E-state index is 4.82. The number of nitrogens with zero attached hydrogens (tertiary/aromatic N) is 3. The first kappa shape index (κ1) is 24.1. The molecule has 4 nitrogen and oxygen atoms in total. The Morgan fingerprint density at radius 3 is 1.43 bits per heavy atom. The molecular weight excluding hydrogens is 472 g/mol. The molecule has 4 aromatic carbocycles. The molecule has 0 atom stereocenters. The number of benzene rings is 4. The second-order valence-electron chi connectivity index (χ2n) is 8.33. The summed E-state index contributed by atoms with van der Waals surface area (Å²) in [6, 6.07) is 42.7. The summed E-state index contributed by atoms with van der Waals surface area (Å²) in [7, 11) is 0. The van der Waals surface area contributed by atoms with E-state index in [-0.39, 0.29) is 0 Å². The van der Waals surface area contributed by atoms with Gasteiger partial charge in [-0.1, -0.05) is 121 Å². The van der Waals surface area contributed by atoms with Crippen LogP contribution in [0.3, 0.4) is 0 Å². The normalized spacial score (nSPS) is 11.0. The minimum atomic E-state index is 0.818. The van der Waals surface area contributed by atoms with Gasteiger partial charge in [-0.15, -0.1) is 16.4 Å². The largest absolute Gasteiger partial charge is 0.276 e. The second-order valence-corrected chi connectivity index (χ2v) is 9.25. The zero-order valence-electron chi connectivity index (χ0n) is 20.5. The highest BCUT2D eigenvalue weighted by atomic mass is 32.1. The topological polar surface area (TPSA) is 49.1 Å². The number of hydrogen-bond acceptors (Lipinski definition) is 5. The third-order valence-electron chi connectivity index (χ3n) is 5.77. The lowest BCUT2D eigenvalue weighted by Gasteiger charge is -2.09. The summed E-state index contributed by atoms with van der Waals surface area (Å²) in [6.45, 7) is 1.98. The molecule has 0 radical (unpaired) electrons. The Hall–Kier alpha value is -4.61. The molecule has 0 fully saturated rings. The van der Waals surface area contributed by atoms with E-state index in [4.69, 9.17) is 10.2 Å². The van der Waals surface area contributed by atoms with E-state index in [1.165, 1.54) is 0 Å². The van der Waals surface area contributed by atoms with Crippen molar-refractivity contribution >= 4 is 34.2 Å². The first-order valence-corrected chi connectivity index (χ1v) is 12.9. The molecule has 5 aromatic rings. The first-order chi connectivity index (χ1) is 18.3. The molecule has 0 amide bonds. The van der Waals surface area contributed by atoms with Gasteiger partial charge in [0.05, 0.1) is 22.0 Å². The van der Waals surface area contributed by atoms with E-state index in [0.29, 0.717) is 0 Å². The van der Waals surface area contributed by atoms with Gasteiger partial charge in [0.1, 0.15) is 5.71 Å². The maximum absolute atomic E-state index is 4.82. The Labute approximate surface area is 221 Å². The van der Waals surface area contributed by atoms with Crippen molar-refractivity contribution in [3.8, 4) is 0 Å². The molecule has 5 rings (SSSR count). The number of rotatable bonds is 8. The molecule has 0 unspecified atom stereocenters. The summed E-state index contributed by atoms with van der Waals surface area (Å²) in [5, 5.41) is 16.2. The molecule has 0 aliphatic carbocycles. The van der Waals surface area contributed by atoms with Gasteiger partial charge in [0, 0.05) is 22.3 Å². The molecule has 0 spiro atoms. The number of hydrazone groups is 1. The van der Waals surface area contributed by atoms with E-state index in [1.807, 2.05) is 91.2 Å². The quantitative estimate of drug-likeness (QED) is 0.172. The van der Waals surface area contributed by atoms with E-state index < -0.39 is 0 Å². The fraction of sp³-hybridized carbons (Fsp3) is 0.0312. The van der Waals surface area contributed by atoms with Crippen molar-refractivity contribution in [2.45, 2.75) is 6.92 Å². The highest BCUT2D eigenvalue weighted by Gasteiger charge is 2.11. The van der Waals surface area contributed by atoms with Crippen molar-refractivity contribution in [3.63, 3.8) is 0 Å². The number of thiophene rings is 1. The predicted molar refractivity (Wildman–Crippen MR) is 157 cm³/mol. The second kappa shape index (κ2) is 11.9. The van der Waals surface area contributed by atoms with Gasteiger partial charge in [0.25, 0.3) is 0 Å². The van der Waals surface area contributed by atoms with E-state index in [9.17, 15) is 0 Å². The summed E-state index contributed by atoms with van der Waals surface area (Å²) in [5.74, 6) is 0. The molecule has 180 valence electrons. The lowest BCUT2D eigenvalue weighted by atomic mass is 10.0. The Kier molecular flexibility index (Phi) is 7.74. The van der Waals surface area contributed by atoms with E-state index in [2.05, 4.69) is 59.1 Å². The zero-order valence-corrected chi connectivity index (χ0v) is 21.3. The standard InChI is InChI=1S/C32H26N4S/c1-24(33-35-30(25-14-6-2-7-15-25)26-16-8-3-9-17-26)32-29(22-23-37-32)34-36-31(27-18-10-4-11-19-27)28-20-12-5-13-21-28/h2-23,34H,1H3/b33-24+. The van der Waals surface area contributed by atoms with Gasteiger partial charge in [0.2, 0.25) is 0 Å². The average Bonchev–Trinajstić information content (AvgIpc) is 3.44. The molecule has 1 aromatic heterocycles. The van der Waals surface area contributed by atoms with E-state index in [0.717, 1.165) is 50.0 Å². The monoisotopic (exact) mass is 498 g/mol. The van der Waals surface area contributed by atoms with E-state index in [1.54, 1.807) is 11.3 Å². The van der Waals surface area contributed by atoms with Crippen molar-refractivity contribution in [3.05, 3.63) is 160 Å². The van der Waals surface area contributed by atoms with E-state index >= 15 is 0 Å². The van der Waals surface area contributed by atoms with Gasteiger partial charge in [-0.05, 0) is 18.4 Å². The molecule has 5 heteroatoms. The zero-order chi connectivity index (χ0) is 25.3. The van der Waals surface area contributed by atoms with Crippen LogP contribution in [0.4, 0.5) is 5.69 Å². The Morgan fingerprint density at radius 1 is 0.541 bits per heavy atom. The van der Waals surface area contributed by atoms with Gasteiger partial charge in [-0.25, -0.2) is 0 Å². The molecule has 37 heavy (non-hydrogen) atoms. The summed E-state index contributed by atoms with van der Waals surface area (Å²) >= 11 is 1.61. The SMILES string of the molecule is C/C(=N\N=C(c1ccccc1)c1ccccc1)c1sccc1NN=C(c1ccccc1)c1ccccc1. The minimum absolute atomic E-state index is 0.818. The van der Waals surface area contributed by atoms with Crippen LogP contribution in [0.2, 0.25) is 0 Å². The molecule has 0 aliphatic rings. The summed E-state index contributed by atoms with van der Waals surface area (Å²) in [4.78, 5) is 0.994. The number of anilines is 1. The third-order valence-corrected chi connectivity index (χ3v) is 6.79. The molecule has 0 bridgehead atoms. The number of nitrogens with one attached hydrogen (secondary N) is 1. The summed E-state index contributed by atoms with van der Waals surface area (Å²) in [5.41, 5.74) is 10.8. The Bertz CT molecular complexity index is 1440. The van der Waals surface area contributed by atoms with Gasteiger partial charge in [-0.3, -0.25) is 5.43 Å². The van der Waals surface area contributed by atoms with Gasteiger partial charge in [-0.2, -0.15) is 10.2 Å². The molecule has 0 saturated heterocycles. The highest BCUT2D eigenvalue weighted by Crippen LogP contribution is 2.24. The minimum Gasteiger partial charge on any atom is -0.276 e. The maximum Gasteiger partial charge on any atom is 0.100 e. The van der Waals surface area contributed by atoms with Crippen LogP contribution in [-0.4, -0.2) is 17.1 Å². The molecule has 0 saturated carbocycles. The van der Waals surface area contributed by atoms with Crippen LogP contribution in [0, 0.1) is 0 Å². The lowest BCUT2D eigenvalue weighted by molar-refractivity contribution is 1.22.